The van der Waals surface area contributed by atoms with Gasteiger partial charge in [0.2, 0.25) is 0 Å². The second-order valence-corrected chi connectivity index (χ2v) is 4.00. The van der Waals surface area contributed by atoms with Gasteiger partial charge in [0.1, 0.15) is 0 Å². The largest absolute Gasteiger partial charge is 0.330 e. The third kappa shape index (κ3) is 1.95. The van der Waals surface area contributed by atoms with Crippen molar-refractivity contribution in [2.24, 2.45) is 11.7 Å². The molecule has 1 aromatic rings. The molecule has 0 unspecified atom stereocenters. The molecule has 0 radical (unpaired) electrons. The minimum Gasteiger partial charge on any atom is -0.330 e. The molecule has 0 spiro atoms. The molecule has 0 aromatic carbocycles. The SMILES string of the molecule is CCc1c(CCN)nnn1CC1CC1. The Bertz CT molecular complexity index is 301. The van der Waals surface area contributed by atoms with Crippen molar-refractivity contribution in [2.75, 3.05) is 6.54 Å². The van der Waals surface area contributed by atoms with Crippen LogP contribution in [0.3, 0.4) is 0 Å². The second-order valence-electron chi connectivity index (χ2n) is 4.00. The molecular weight excluding hydrogens is 176 g/mol. The average molecular weight is 194 g/mol. The van der Waals surface area contributed by atoms with E-state index in [-0.39, 0.29) is 0 Å². The van der Waals surface area contributed by atoms with E-state index in [9.17, 15) is 0 Å². The van der Waals surface area contributed by atoms with Crippen LogP contribution in [-0.4, -0.2) is 21.5 Å². The summed E-state index contributed by atoms with van der Waals surface area (Å²) in [6.07, 6.45) is 4.58. The van der Waals surface area contributed by atoms with Crippen LogP contribution in [0.1, 0.15) is 31.2 Å². The lowest BCUT2D eigenvalue weighted by Gasteiger charge is -2.04. The van der Waals surface area contributed by atoms with Crippen LogP contribution in [0, 0.1) is 5.92 Å². The molecule has 0 atom stereocenters. The van der Waals surface area contributed by atoms with Gasteiger partial charge in [0.05, 0.1) is 11.4 Å². The van der Waals surface area contributed by atoms with Crippen molar-refractivity contribution < 1.29 is 0 Å². The highest BCUT2D eigenvalue weighted by Crippen LogP contribution is 2.30. The van der Waals surface area contributed by atoms with Gasteiger partial charge >= 0.3 is 0 Å². The van der Waals surface area contributed by atoms with Crippen molar-refractivity contribution >= 4 is 0 Å². The highest BCUT2D eigenvalue weighted by Gasteiger charge is 2.23. The average Bonchev–Trinajstić information content (AvgIpc) is 2.90. The lowest BCUT2D eigenvalue weighted by atomic mass is 10.2. The number of nitrogens with two attached hydrogens (primary N) is 1. The molecule has 1 aliphatic rings. The molecule has 1 saturated carbocycles. The van der Waals surface area contributed by atoms with Gasteiger partial charge in [0.25, 0.3) is 0 Å². The van der Waals surface area contributed by atoms with Gasteiger partial charge in [0.15, 0.2) is 0 Å². The third-order valence-electron chi connectivity index (χ3n) is 2.76. The third-order valence-corrected chi connectivity index (χ3v) is 2.76. The molecule has 1 aliphatic carbocycles. The van der Waals surface area contributed by atoms with E-state index in [1.807, 2.05) is 0 Å². The van der Waals surface area contributed by atoms with E-state index >= 15 is 0 Å². The zero-order valence-corrected chi connectivity index (χ0v) is 8.74. The summed E-state index contributed by atoms with van der Waals surface area (Å²) in [5.41, 5.74) is 7.90. The number of rotatable bonds is 5. The molecule has 1 aromatic heterocycles. The van der Waals surface area contributed by atoms with Crippen LogP contribution < -0.4 is 5.73 Å². The van der Waals surface area contributed by atoms with E-state index in [2.05, 4.69) is 21.9 Å². The molecule has 0 bridgehead atoms. The van der Waals surface area contributed by atoms with E-state index in [1.165, 1.54) is 18.5 Å². The summed E-state index contributed by atoms with van der Waals surface area (Å²) < 4.78 is 2.07. The lowest BCUT2D eigenvalue weighted by molar-refractivity contribution is 0.526. The molecule has 2 rings (SSSR count). The first kappa shape index (κ1) is 9.65. The topological polar surface area (TPSA) is 56.7 Å². The van der Waals surface area contributed by atoms with Gasteiger partial charge in [-0.15, -0.1) is 5.10 Å². The fourth-order valence-electron chi connectivity index (χ4n) is 1.78. The molecule has 0 amide bonds. The van der Waals surface area contributed by atoms with Crippen LogP contribution in [-0.2, 0) is 19.4 Å². The van der Waals surface area contributed by atoms with Crippen molar-refractivity contribution in [3.8, 4) is 0 Å². The van der Waals surface area contributed by atoms with Crippen molar-refractivity contribution in [3.63, 3.8) is 0 Å². The highest BCUT2D eigenvalue weighted by molar-refractivity contribution is 5.10. The molecular formula is C10H18N4. The Morgan fingerprint density at radius 1 is 1.50 bits per heavy atom. The Labute approximate surface area is 84.5 Å². The smallest absolute Gasteiger partial charge is 0.0871 e. The van der Waals surface area contributed by atoms with Crippen molar-refractivity contribution in [1.82, 2.24) is 15.0 Å². The first-order chi connectivity index (χ1) is 6.85. The predicted octanol–water partition coefficient (Wildman–Crippen LogP) is 0.752. The highest BCUT2D eigenvalue weighted by atomic mass is 15.4. The van der Waals surface area contributed by atoms with Crippen molar-refractivity contribution in [1.29, 1.82) is 0 Å². The van der Waals surface area contributed by atoms with E-state index in [0.717, 1.165) is 31.0 Å². The maximum Gasteiger partial charge on any atom is 0.0871 e. The number of hydrogen-bond donors (Lipinski definition) is 1. The maximum absolute atomic E-state index is 5.53. The number of nitrogens with zero attached hydrogens (tertiary/aromatic N) is 3. The Hall–Kier alpha value is -0.900. The van der Waals surface area contributed by atoms with Gasteiger partial charge in [0, 0.05) is 13.0 Å². The van der Waals surface area contributed by atoms with Gasteiger partial charge < -0.3 is 5.73 Å². The number of hydrogen-bond acceptors (Lipinski definition) is 3. The van der Waals surface area contributed by atoms with E-state index in [4.69, 9.17) is 5.73 Å². The minimum absolute atomic E-state index is 0.662. The lowest BCUT2D eigenvalue weighted by Crippen LogP contribution is -2.09. The maximum atomic E-state index is 5.53. The molecule has 4 heteroatoms. The van der Waals surface area contributed by atoms with Gasteiger partial charge in [-0.3, -0.25) is 0 Å². The fraction of sp³-hybridized carbons (Fsp3) is 0.800. The van der Waals surface area contributed by atoms with Crippen LogP contribution in [0.25, 0.3) is 0 Å². The van der Waals surface area contributed by atoms with Crippen molar-refractivity contribution in [2.45, 2.75) is 39.2 Å². The molecule has 1 heterocycles. The van der Waals surface area contributed by atoms with E-state index < -0.39 is 0 Å². The summed E-state index contributed by atoms with van der Waals surface area (Å²) in [5.74, 6) is 0.854. The molecule has 0 saturated heterocycles. The molecule has 2 N–H and O–H groups in total. The van der Waals surface area contributed by atoms with E-state index in [0.29, 0.717) is 6.54 Å². The normalized spacial score (nSPS) is 16.1. The molecule has 14 heavy (non-hydrogen) atoms. The zero-order chi connectivity index (χ0) is 9.97. The summed E-state index contributed by atoms with van der Waals surface area (Å²) in [6.45, 7) is 3.87. The Morgan fingerprint density at radius 2 is 2.29 bits per heavy atom. The summed E-state index contributed by atoms with van der Waals surface area (Å²) in [7, 11) is 0. The monoisotopic (exact) mass is 194 g/mol. The molecule has 78 valence electrons. The van der Waals surface area contributed by atoms with E-state index in [1.54, 1.807) is 0 Å². The van der Waals surface area contributed by atoms with Gasteiger partial charge in [-0.1, -0.05) is 12.1 Å². The fourth-order valence-corrected chi connectivity index (χ4v) is 1.78. The van der Waals surface area contributed by atoms with Gasteiger partial charge in [-0.2, -0.15) is 0 Å². The Balaban J connectivity index is 2.12. The van der Waals surface area contributed by atoms with Crippen LogP contribution in [0.4, 0.5) is 0 Å². The summed E-state index contributed by atoms with van der Waals surface area (Å²) in [4.78, 5) is 0. The zero-order valence-electron chi connectivity index (χ0n) is 8.74. The van der Waals surface area contributed by atoms with Gasteiger partial charge in [-0.25, -0.2) is 4.68 Å². The quantitative estimate of drug-likeness (QED) is 0.752. The van der Waals surface area contributed by atoms with Gasteiger partial charge in [-0.05, 0) is 31.7 Å². The summed E-state index contributed by atoms with van der Waals surface area (Å²) >= 11 is 0. The van der Waals surface area contributed by atoms with Crippen LogP contribution in [0.2, 0.25) is 0 Å². The minimum atomic E-state index is 0.662. The van der Waals surface area contributed by atoms with Crippen LogP contribution in [0.5, 0.6) is 0 Å². The first-order valence-electron chi connectivity index (χ1n) is 5.46. The number of aromatic nitrogens is 3. The molecule has 0 aliphatic heterocycles. The molecule has 1 fully saturated rings. The van der Waals surface area contributed by atoms with Crippen LogP contribution >= 0.6 is 0 Å². The van der Waals surface area contributed by atoms with Crippen LogP contribution in [0.15, 0.2) is 0 Å². The molecule has 4 nitrogen and oxygen atoms in total. The Morgan fingerprint density at radius 3 is 2.86 bits per heavy atom. The Kier molecular flexibility index (Phi) is 2.82. The summed E-state index contributed by atoms with van der Waals surface area (Å²) in [5, 5.41) is 8.39. The first-order valence-corrected chi connectivity index (χ1v) is 5.46. The second kappa shape index (κ2) is 4.09. The van der Waals surface area contributed by atoms with Crippen molar-refractivity contribution in [3.05, 3.63) is 11.4 Å². The summed E-state index contributed by atoms with van der Waals surface area (Å²) in [6, 6.07) is 0. The standard InChI is InChI=1S/C10H18N4/c1-2-10-9(5-6-11)12-13-14(10)7-8-3-4-8/h8H,2-7,11H2,1H3. The predicted molar refractivity (Wildman–Crippen MR) is 54.9 cm³/mol.